The number of anilines is 1. The minimum atomic E-state index is -0.746. The van der Waals surface area contributed by atoms with Crippen molar-refractivity contribution in [3.8, 4) is 16.9 Å². The van der Waals surface area contributed by atoms with Gasteiger partial charge < -0.3 is 16.6 Å². The van der Waals surface area contributed by atoms with E-state index >= 15 is 0 Å². The van der Waals surface area contributed by atoms with Crippen molar-refractivity contribution in [2.45, 2.75) is 6.92 Å². The molecule has 0 aliphatic rings. The number of phenolic OH excluding ortho intramolecular Hbond substituents is 1. The third kappa shape index (κ3) is 1.99. The van der Waals surface area contributed by atoms with Gasteiger partial charge in [0.2, 0.25) is 0 Å². The summed E-state index contributed by atoms with van der Waals surface area (Å²) in [6, 6.07) is 5.03. The highest BCUT2D eigenvalue weighted by Gasteiger charge is 2.20. The third-order valence-corrected chi connectivity index (χ3v) is 3.47. The molecule has 0 radical (unpaired) electrons. The van der Waals surface area contributed by atoms with Crippen molar-refractivity contribution in [2.24, 2.45) is 5.73 Å². The Morgan fingerprint density at radius 3 is 2.68 bits per heavy atom. The lowest BCUT2D eigenvalue weighted by Gasteiger charge is -2.14. The fraction of sp³-hybridized carbons (Fsp3) is 0.0667. The highest BCUT2D eigenvalue weighted by molar-refractivity contribution is 6.07. The van der Waals surface area contributed by atoms with Crippen LogP contribution in [0.1, 0.15) is 16.1 Å². The van der Waals surface area contributed by atoms with E-state index in [0.717, 1.165) is 0 Å². The van der Waals surface area contributed by atoms with Gasteiger partial charge in [-0.05, 0) is 24.1 Å². The lowest BCUT2D eigenvalue weighted by Crippen LogP contribution is -2.17. The number of carbonyl (C=O) groups excluding carboxylic acids is 1. The first-order valence-electron chi connectivity index (χ1n) is 6.49. The lowest BCUT2D eigenvalue weighted by molar-refractivity contribution is 0.0997. The summed E-state index contributed by atoms with van der Waals surface area (Å²) >= 11 is 0. The average Bonchev–Trinajstić information content (AvgIpc) is 2.50. The van der Waals surface area contributed by atoms with Crippen molar-refractivity contribution in [2.75, 3.05) is 5.73 Å². The van der Waals surface area contributed by atoms with Crippen LogP contribution in [0, 0.1) is 6.92 Å². The van der Waals surface area contributed by atoms with Gasteiger partial charge in [-0.1, -0.05) is 12.1 Å². The molecular weight excluding hydrogens is 282 g/mol. The summed E-state index contributed by atoms with van der Waals surface area (Å²) in [5.74, 6) is -0.629. The lowest BCUT2D eigenvalue weighted by atomic mass is 9.97. The number of hydrogen-bond donors (Lipinski definition) is 3. The molecule has 3 aromatic rings. The van der Waals surface area contributed by atoms with Crippen molar-refractivity contribution < 1.29 is 9.90 Å². The van der Waals surface area contributed by atoms with Gasteiger partial charge in [0.05, 0.1) is 5.69 Å². The maximum Gasteiger partial charge on any atom is 0.269 e. The van der Waals surface area contributed by atoms with Crippen LogP contribution in [0.4, 0.5) is 5.69 Å². The normalized spacial score (nSPS) is 10.8. The summed E-state index contributed by atoms with van der Waals surface area (Å²) in [7, 11) is 0. The van der Waals surface area contributed by atoms with E-state index in [9.17, 15) is 9.90 Å². The van der Waals surface area contributed by atoms with E-state index in [1.807, 2.05) is 0 Å². The number of nitrogens with two attached hydrogens (primary N) is 2. The van der Waals surface area contributed by atoms with Crippen LogP contribution in [0.15, 0.2) is 30.6 Å². The number of hydrogen-bond acceptors (Lipinski definition) is 6. The van der Waals surface area contributed by atoms with Crippen LogP contribution in [0.5, 0.6) is 5.75 Å². The highest BCUT2D eigenvalue weighted by Crippen LogP contribution is 2.37. The zero-order valence-corrected chi connectivity index (χ0v) is 11.7. The average molecular weight is 295 g/mol. The summed E-state index contributed by atoms with van der Waals surface area (Å²) in [4.78, 5) is 24.0. The molecule has 0 fully saturated rings. The van der Waals surface area contributed by atoms with Gasteiger partial charge in [0.25, 0.3) is 5.91 Å². The zero-order chi connectivity index (χ0) is 15.9. The van der Waals surface area contributed by atoms with Crippen molar-refractivity contribution >= 4 is 22.8 Å². The molecule has 110 valence electrons. The second kappa shape index (κ2) is 4.96. The van der Waals surface area contributed by atoms with Crippen molar-refractivity contribution in [1.29, 1.82) is 0 Å². The number of primary amides is 1. The zero-order valence-electron chi connectivity index (χ0n) is 11.7. The monoisotopic (exact) mass is 295 g/mol. The molecule has 7 nitrogen and oxygen atoms in total. The second-order valence-corrected chi connectivity index (χ2v) is 4.79. The first-order valence-corrected chi connectivity index (χ1v) is 6.49. The minimum Gasteiger partial charge on any atom is -0.508 e. The van der Waals surface area contributed by atoms with E-state index in [0.29, 0.717) is 22.2 Å². The molecule has 22 heavy (non-hydrogen) atoms. The van der Waals surface area contributed by atoms with E-state index in [2.05, 4.69) is 15.0 Å². The standard InChI is InChI=1S/C15H13N5O2/c1-7-8(3-2-4-9(7)21)10-11(16)13(14(17)22)20-15-12(10)18-5-6-19-15/h2-6,21H,16H2,1H3,(H2,17,22). The summed E-state index contributed by atoms with van der Waals surface area (Å²) < 4.78 is 0. The van der Waals surface area contributed by atoms with Crippen molar-refractivity contribution in [3.63, 3.8) is 0 Å². The van der Waals surface area contributed by atoms with E-state index in [-0.39, 0.29) is 22.8 Å². The predicted molar refractivity (Wildman–Crippen MR) is 82.1 cm³/mol. The number of fused-ring (bicyclic) bond motifs is 1. The fourth-order valence-corrected chi connectivity index (χ4v) is 2.36. The highest BCUT2D eigenvalue weighted by atomic mass is 16.3. The number of phenols is 1. The van der Waals surface area contributed by atoms with E-state index in [1.54, 1.807) is 25.1 Å². The number of pyridine rings is 1. The number of rotatable bonds is 2. The Morgan fingerprint density at radius 2 is 1.95 bits per heavy atom. The molecule has 0 saturated carbocycles. The molecule has 0 aliphatic heterocycles. The Balaban J connectivity index is 2.49. The fourth-order valence-electron chi connectivity index (χ4n) is 2.36. The molecule has 1 aromatic carbocycles. The topological polar surface area (TPSA) is 128 Å². The molecule has 0 spiro atoms. The van der Waals surface area contributed by atoms with Gasteiger partial charge in [-0.2, -0.15) is 0 Å². The molecule has 1 amide bonds. The van der Waals surface area contributed by atoms with Gasteiger partial charge in [-0.15, -0.1) is 0 Å². The molecule has 0 bridgehead atoms. The summed E-state index contributed by atoms with van der Waals surface area (Å²) in [5, 5.41) is 9.92. The Kier molecular flexibility index (Phi) is 3.10. The first-order chi connectivity index (χ1) is 10.5. The van der Waals surface area contributed by atoms with Gasteiger partial charge >= 0.3 is 0 Å². The number of carbonyl (C=O) groups is 1. The van der Waals surface area contributed by atoms with Crippen LogP contribution in [-0.4, -0.2) is 26.0 Å². The molecule has 0 saturated heterocycles. The third-order valence-electron chi connectivity index (χ3n) is 3.47. The molecule has 2 aromatic heterocycles. The second-order valence-electron chi connectivity index (χ2n) is 4.79. The van der Waals surface area contributed by atoms with E-state index in [4.69, 9.17) is 11.5 Å². The van der Waals surface area contributed by atoms with Gasteiger partial charge in [-0.3, -0.25) is 9.78 Å². The van der Waals surface area contributed by atoms with Crippen molar-refractivity contribution in [1.82, 2.24) is 15.0 Å². The molecular formula is C15H13N5O2. The number of benzene rings is 1. The van der Waals surface area contributed by atoms with Crippen LogP contribution >= 0.6 is 0 Å². The van der Waals surface area contributed by atoms with Crippen LogP contribution in [-0.2, 0) is 0 Å². The number of aromatic hydroxyl groups is 1. The summed E-state index contributed by atoms with van der Waals surface area (Å²) in [5.41, 5.74) is 13.9. The molecule has 7 heteroatoms. The molecule has 0 unspecified atom stereocenters. The number of nitrogen functional groups attached to an aromatic ring is 1. The quantitative estimate of drug-likeness (QED) is 0.655. The van der Waals surface area contributed by atoms with Crippen LogP contribution in [0.2, 0.25) is 0 Å². The smallest absolute Gasteiger partial charge is 0.269 e. The maximum absolute atomic E-state index is 11.6. The SMILES string of the molecule is Cc1c(O)cccc1-c1c(N)c(C(N)=O)nc2nccnc12. The predicted octanol–water partition coefficient (Wildman–Crippen LogP) is 1.39. The molecule has 3 rings (SSSR count). The minimum absolute atomic E-state index is 0.0641. The van der Waals surface area contributed by atoms with Gasteiger partial charge in [0.1, 0.15) is 11.3 Å². The van der Waals surface area contributed by atoms with E-state index < -0.39 is 5.91 Å². The van der Waals surface area contributed by atoms with Gasteiger partial charge in [-0.25, -0.2) is 9.97 Å². The summed E-state index contributed by atoms with van der Waals surface area (Å²) in [6.07, 6.45) is 2.98. The van der Waals surface area contributed by atoms with Gasteiger partial charge in [0, 0.05) is 18.0 Å². The Morgan fingerprint density at radius 1 is 1.23 bits per heavy atom. The largest absolute Gasteiger partial charge is 0.508 e. The van der Waals surface area contributed by atoms with Crippen LogP contribution < -0.4 is 11.5 Å². The maximum atomic E-state index is 11.6. The molecule has 2 heterocycles. The Hall–Kier alpha value is -3.22. The summed E-state index contributed by atoms with van der Waals surface area (Å²) in [6.45, 7) is 1.75. The van der Waals surface area contributed by atoms with Crippen LogP contribution in [0.25, 0.3) is 22.3 Å². The molecule has 5 N–H and O–H groups in total. The molecule has 0 aliphatic carbocycles. The van der Waals surface area contributed by atoms with Crippen molar-refractivity contribution in [3.05, 3.63) is 41.9 Å². The Labute approximate surface area is 125 Å². The van der Waals surface area contributed by atoms with E-state index in [1.165, 1.54) is 12.4 Å². The Bertz CT molecular complexity index is 908. The molecule has 0 atom stereocenters. The van der Waals surface area contributed by atoms with Crippen LogP contribution in [0.3, 0.4) is 0 Å². The first kappa shape index (κ1) is 13.7. The number of amides is 1. The number of nitrogens with zero attached hydrogens (tertiary/aromatic N) is 3. The number of aromatic nitrogens is 3. The van der Waals surface area contributed by atoms with Gasteiger partial charge in [0.15, 0.2) is 11.3 Å².